The molecule has 1 atom stereocenters. The third kappa shape index (κ3) is 1.02. The maximum Gasteiger partial charge on any atom is 0.343 e. The lowest BCUT2D eigenvalue weighted by Crippen LogP contribution is -2.60. The highest BCUT2D eigenvalue weighted by molar-refractivity contribution is 7.91. The van der Waals surface area contributed by atoms with Gasteiger partial charge in [0, 0.05) is 0 Å². The lowest BCUT2D eigenvalue weighted by atomic mass is 9.74. The molecule has 7 heteroatoms. The Morgan fingerprint density at radius 1 is 1.36 bits per heavy atom. The topological polar surface area (TPSA) is 80.7 Å². The van der Waals surface area contributed by atoms with Gasteiger partial charge in [-0.3, -0.25) is 0 Å². The van der Waals surface area contributed by atoms with Gasteiger partial charge in [0.1, 0.15) is 0 Å². The average molecular weight is 224 g/mol. The number of rotatable bonds is 1. The Balaban J connectivity index is 2.46. The molecule has 0 radical (unpaired) electrons. The zero-order chi connectivity index (χ0) is 10.6. The smallest absolute Gasteiger partial charge is 0.343 e. The van der Waals surface area contributed by atoms with Crippen molar-refractivity contribution in [2.45, 2.75) is 5.67 Å². The van der Waals surface area contributed by atoms with E-state index in [1.807, 2.05) is 0 Å². The van der Waals surface area contributed by atoms with E-state index in [1.54, 1.807) is 0 Å². The van der Waals surface area contributed by atoms with E-state index in [0.717, 1.165) is 0 Å². The molecule has 2 fully saturated rings. The van der Waals surface area contributed by atoms with Crippen LogP contribution in [0.25, 0.3) is 0 Å². The minimum Gasteiger partial charge on any atom is -0.479 e. The van der Waals surface area contributed by atoms with Gasteiger partial charge in [0.25, 0.3) is 0 Å². The molecule has 2 aliphatic heterocycles. The monoisotopic (exact) mass is 224 g/mol. The summed E-state index contributed by atoms with van der Waals surface area (Å²) in [4.78, 5) is 10.7. The minimum atomic E-state index is -3.60. The second-order valence-electron chi connectivity index (χ2n) is 3.91. The summed E-state index contributed by atoms with van der Waals surface area (Å²) in [6, 6.07) is 0. The lowest BCUT2D eigenvalue weighted by Gasteiger charge is -2.42. The number of hydrogen-bond donors (Lipinski definition) is 1. The molecule has 80 valence electrons. The average Bonchev–Trinajstić information content (AvgIpc) is 2.17. The number of carboxylic acid groups (broad SMARTS) is 1. The lowest BCUT2D eigenvalue weighted by molar-refractivity contribution is -0.192. The molecule has 1 N–H and O–H groups in total. The van der Waals surface area contributed by atoms with Gasteiger partial charge in [-0.2, -0.15) is 0 Å². The minimum absolute atomic E-state index is 0.130. The summed E-state index contributed by atoms with van der Waals surface area (Å²) in [6.45, 7) is -0.260. The maximum absolute atomic E-state index is 14.0. The van der Waals surface area contributed by atoms with Gasteiger partial charge in [-0.25, -0.2) is 17.6 Å². The van der Waals surface area contributed by atoms with E-state index >= 15 is 0 Å². The molecular formula is C7H9FO5S. The van der Waals surface area contributed by atoms with Gasteiger partial charge in [0.15, 0.2) is 9.84 Å². The van der Waals surface area contributed by atoms with Crippen molar-refractivity contribution in [3.8, 4) is 0 Å². The molecule has 0 bridgehead atoms. The van der Waals surface area contributed by atoms with E-state index in [0.29, 0.717) is 0 Å². The maximum atomic E-state index is 14.0. The van der Waals surface area contributed by atoms with Gasteiger partial charge in [-0.1, -0.05) is 0 Å². The Morgan fingerprint density at radius 2 is 1.93 bits per heavy atom. The van der Waals surface area contributed by atoms with Crippen LogP contribution in [0.5, 0.6) is 0 Å². The van der Waals surface area contributed by atoms with Gasteiger partial charge < -0.3 is 9.84 Å². The van der Waals surface area contributed by atoms with Crippen molar-refractivity contribution in [1.82, 2.24) is 0 Å². The van der Waals surface area contributed by atoms with Crippen LogP contribution in [0.4, 0.5) is 4.39 Å². The standard InChI is InChI=1S/C7H9FO5S/c8-7(5(9)10)4-14(11,12)3-6(7)1-13-2-6/h1-4H2,(H,9,10). The van der Waals surface area contributed by atoms with Crippen molar-refractivity contribution in [3.05, 3.63) is 0 Å². The summed E-state index contributed by atoms with van der Waals surface area (Å²) < 4.78 is 41.1. The third-order valence-electron chi connectivity index (χ3n) is 2.85. The molecular weight excluding hydrogens is 215 g/mol. The first kappa shape index (κ1) is 9.85. The van der Waals surface area contributed by atoms with Crippen LogP contribution in [-0.4, -0.2) is 49.9 Å². The predicted molar refractivity (Wildman–Crippen MR) is 43.4 cm³/mol. The molecule has 2 aliphatic rings. The Labute approximate surface area is 79.8 Å². The van der Waals surface area contributed by atoms with Crippen LogP contribution in [0, 0.1) is 5.41 Å². The van der Waals surface area contributed by atoms with Crippen molar-refractivity contribution in [3.63, 3.8) is 0 Å². The summed E-state index contributed by atoms with van der Waals surface area (Å²) in [5, 5.41) is 8.71. The first-order chi connectivity index (χ1) is 6.31. The molecule has 0 aromatic rings. The molecule has 14 heavy (non-hydrogen) atoms. The molecule has 2 heterocycles. The van der Waals surface area contributed by atoms with Crippen molar-refractivity contribution >= 4 is 15.8 Å². The predicted octanol–water partition coefficient (Wildman–Crippen LogP) is -0.776. The molecule has 2 rings (SSSR count). The Hall–Kier alpha value is -0.690. The largest absolute Gasteiger partial charge is 0.479 e. The number of carbonyl (C=O) groups is 1. The summed E-state index contributed by atoms with van der Waals surface area (Å²) >= 11 is 0. The fourth-order valence-corrected chi connectivity index (χ4v) is 4.37. The number of ether oxygens (including phenoxy) is 1. The number of aliphatic carboxylic acids is 1. The first-order valence-corrected chi connectivity index (χ1v) is 5.84. The van der Waals surface area contributed by atoms with E-state index in [9.17, 15) is 17.6 Å². The Bertz CT molecular complexity index is 385. The van der Waals surface area contributed by atoms with Gasteiger partial charge >= 0.3 is 5.97 Å². The summed E-state index contributed by atoms with van der Waals surface area (Å²) in [5.74, 6) is -3.07. The van der Waals surface area contributed by atoms with Crippen LogP contribution in [0.3, 0.4) is 0 Å². The molecule has 1 unspecified atom stereocenters. The molecule has 2 saturated heterocycles. The second kappa shape index (κ2) is 2.46. The number of carboxylic acids is 1. The van der Waals surface area contributed by atoms with E-state index in [2.05, 4.69) is 0 Å². The van der Waals surface area contributed by atoms with Crippen LogP contribution in [0.1, 0.15) is 0 Å². The van der Waals surface area contributed by atoms with E-state index < -0.39 is 38.4 Å². The summed E-state index contributed by atoms with van der Waals surface area (Å²) in [5.41, 5.74) is -4.03. The normalized spacial score (nSPS) is 38.1. The highest BCUT2D eigenvalue weighted by Gasteiger charge is 2.70. The van der Waals surface area contributed by atoms with Gasteiger partial charge in [-0.15, -0.1) is 0 Å². The van der Waals surface area contributed by atoms with Gasteiger partial charge in [0.05, 0.1) is 30.1 Å². The SMILES string of the molecule is O=C(O)C1(F)CS(=O)(=O)CC12COC2. The molecule has 5 nitrogen and oxygen atoms in total. The van der Waals surface area contributed by atoms with E-state index in [4.69, 9.17) is 9.84 Å². The number of halogens is 1. The van der Waals surface area contributed by atoms with E-state index in [1.165, 1.54) is 0 Å². The number of sulfone groups is 1. The van der Waals surface area contributed by atoms with Gasteiger partial charge in [0.2, 0.25) is 5.67 Å². The van der Waals surface area contributed by atoms with Crippen LogP contribution in [0.15, 0.2) is 0 Å². The van der Waals surface area contributed by atoms with E-state index in [-0.39, 0.29) is 13.2 Å². The second-order valence-corrected chi connectivity index (χ2v) is 5.98. The number of alkyl halides is 1. The fourth-order valence-electron chi connectivity index (χ4n) is 1.99. The Morgan fingerprint density at radius 3 is 2.21 bits per heavy atom. The fraction of sp³-hybridized carbons (Fsp3) is 0.857. The summed E-state index contributed by atoms with van der Waals surface area (Å²) in [6.07, 6.45) is 0. The van der Waals surface area contributed by atoms with Crippen LogP contribution in [0.2, 0.25) is 0 Å². The zero-order valence-electron chi connectivity index (χ0n) is 7.19. The van der Waals surface area contributed by atoms with Gasteiger partial charge in [-0.05, 0) is 0 Å². The molecule has 0 aliphatic carbocycles. The highest BCUT2D eigenvalue weighted by Crippen LogP contribution is 2.49. The molecule has 0 aromatic carbocycles. The first-order valence-electron chi connectivity index (χ1n) is 4.02. The molecule has 0 saturated carbocycles. The van der Waals surface area contributed by atoms with Crippen LogP contribution in [-0.2, 0) is 19.4 Å². The Kier molecular flexibility index (Phi) is 1.73. The van der Waals surface area contributed by atoms with Crippen molar-refractivity contribution in [1.29, 1.82) is 0 Å². The van der Waals surface area contributed by atoms with Crippen molar-refractivity contribution in [2.75, 3.05) is 24.7 Å². The molecule has 0 amide bonds. The highest BCUT2D eigenvalue weighted by atomic mass is 32.2. The van der Waals surface area contributed by atoms with Crippen molar-refractivity contribution in [2.24, 2.45) is 5.41 Å². The quantitative estimate of drug-likeness (QED) is 0.632. The van der Waals surface area contributed by atoms with Crippen molar-refractivity contribution < 1.29 is 27.4 Å². The van der Waals surface area contributed by atoms with Crippen LogP contribution >= 0.6 is 0 Å². The molecule has 1 spiro atoms. The third-order valence-corrected chi connectivity index (χ3v) is 4.68. The number of hydrogen-bond acceptors (Lipinski definition) is 4. The molecule has 0 aromatic heterocycles. The van der Waals surface area contributed by atoms with Crippen LogP contribution < -0.4 is 0 Å². The summed E-state index contributed by atoms with van der Waals surface area (Å²) in [7, 11) is -3.60. The zero-order valence-corrected chi connectivity index (χ0v) is 8.01.